The molecule has 3 aromatic rings. The summed E-state index contributed by atoms with van der Waals surface area (Å²) in [5.41, 5.74) is 1.67. The lowest BCUT2D eigenvalue weighted by atomic mass is 10.1. The molecule has 158 valence electrons. The molecule has 0 N–H and O–H groups in total. The Labute approximate surface area is 186 Å². The van der Waals surface area contributed by atoms with Gasteiger partial charge in [-0.1, -0.05) is 17.7 Å². The van der Waals surface area contributed by atoms with Crippen LogP contribution < -0.4 is 4.74 Å². The molecule has 4 nitrogen and oxygen atoms in total. The van der Waals surface area contributed by atoms with Crippen LogP contribution in [0.4, 0.5) is 8.78 Å². The number of carbonyl (C=O) groups excluding carboxylic acids is 1. The van der Waals surface area contributed by atoms with Gasteiger partial charge in [-0.2, -0.15) is 4.39 Å². The van der Waals surface area contributed by atoms with Gasteiger partial charge in [-0.25, -0.2) is 4.39 Å². The number of halogens is 4. The molecule has 1 aromatic heterocycles. The average Bonchev–Trinajstić information content (AvgIpc) is 3.09. The molecule has 2 aromatic carbocycles. The predicted octanol–water partition coefficient (Wildman–Crippen LogP) is 6.25. The third-order valence-electron chi connectivity index (χ3n) is 4.44. The highest BCUT2D eigenvalue weighted by Gasteiger charge is 2.17. The first kappa shape index (κ1) is 22.3. The Morgan fingerprint density at radius 1 is 1.10 bits per heavy atom. The summed E-state index contributed by atoms with van der Waals surface area (Å²) in [6, 6.07) is 11.8. The fraction of sp³-hybridized carbons (Fsp3) is 0.227. The molecule has 0 bridgehead atoms. The standard InChI is InChI=1S/C22H19BrClF2NO3/c1-2-29-20(28)10-4-14-3-9-19(22(26)21(14)25)30-13-18-17(23)11-12-27(18)16-7-5-15(24)6-8-16/h3,5-9,11-12H,2,4,10,13H2,1H3. The lowest BCUT2D eigenvalue weighted by molar-refractivity contribution is -0.143. The van der Waals surface area contributed by atoms with Crippen LogP contribution in [0.5, 0.6) is 5.75 Å². The van der Waals surface area contributed by atoms with Crippen molar-refractivity contribution in [2.24, 2.45) is 0 Å². The number of nitrogens with zero attached hydrogens (tertiary/aromatic N) is 1. The second-order valence-corrected chi connectivity index (χ2v) is 7.69. The van der Waals surface area contributed by atoms with Crippen LogP contribution in [0.2, 0.25) is 5.02 Å². The Balaban J connectivity index is 1.74. The van der Waals surface area contributed by atoms with E-state index in [1.54, 1.807) is 19.1 Å². The Morgan fingerprint density at radius 2 is 1.83 bits per heavy atom. The highest BCUT2D eigenvalue weighted by Crippen LogP contribution is 2.28. The molecule has 3 rings (SSSR count). The van der Waals surface area contributed by atoms with Crippen molar-refractivity contribution in [2.75, 3.05) is 6.61 Å². The van der Waals surface area contributed by atoms with Gasteiger partial charge in [-0.15, -0.1) is 0 Å². The van der Waals surface area contributed by atoms with Crippen molar-refractivity contribution >= 4 is 33.5 Å². The number of esters is 1. The van der Waals surface area contributed by atoms with E-state index in [1.165, 1.54) is 12.1 Å². The Kier molecular flexibility index (Phi) is 7.50. The van der Waals surface area contributed by atoms with Crippen molar-refractivity contribution in [2.45, 2.75) is 26.4 Å². The summed E-state index contributed by atoms with van der Waals surface area (Å²) in [6.45, 7) is 1.94. The summed E-state index contributed by atoms with van der Waals surface area (Å²) < 4.78 is 41.9. The van der Waals surface area contributed by atoms with Crippen molar-refractivity contribution < 1.29 is 23.0 Å². The molecule has 0 amide bonds. The Morgan fingerprint density at radius 3 is 2.53 bits per heavy atom. The van der Waals surface area contributed by atoms with Crippen molar-refractivity contribution in [3.05, 3.63) is 81.0 Å². The maximum absolute atomic E-state index is 14.5. The number of aryl methyl sites for hydroxylation is 1. The van der Waals surface area contributed by atoms with E-state index in [9.17, 15) is 13.6 Å². The lowest BCUT2D eigenvalue weighted by Gasteiger charge is -2.13. The molecular weight excluding hydrogens is 480 g/mol. The van der Waals surface area contributed by atoms with E-state index < -0.39 is 17.6 Å². The molecule has 0 saturated heterocycles. The molecule has 0 saturated carbocycles. The minimum Gasteiger partial charge on any atom is -0.484 e. The normalized spacial score (nSPS) is 10.8. The summed E-state index contributed by atoms with van der Waals surface area (Å²) in [4.78, 5) is 11.4. The summed E-state index contributed by atoms with van der Waals surface area (Å²) in [6.07, 6.45) is 1.86. The molecule has 1 heterocycles. The van der Waals surface area contributed by atoms with Gasteiger partial charge in [0, 0.05) is 27.8 Å². The average molecular weight is 499 g/mol. The summed E-state index contributed by atoms with van der Waals surface area (Å²) in [5, 5.41) is 0.614. The highest BCUT2D eigenvalue weighted by molar-refractivity contribution is 9.10. The fourth-order valence-corrected chi connectivity index (χ4v) is 3.47. The van der Waals surface area contributed by atoms with Crippen molar-refractivity contribution in [1.82, 2.24) is 4.57 Å². The minimum absolute atomic E-state index is 0.00867. The monoisotopic (exact) mass is 497 g/mol. The SMILES string of the molecule is CCOC(=O)CCc1ccc(OCc2c(Br)ccn2-c2ccc(Cl)cc2)c(F)c1F. The second kappa shape index (κ2) is 10.1. The Hall–Kier alpha value is -2.38. The predicted molar refractivity (Wildman–Crippen MR) is 114 cm³/mol. The third kappa shape index (κ3) is 5.21. The zero-order valence-electron chi connectivity index (χ0n) is 16.1. The number of hydrogen-bond acceptors (Lipinski definition) is 3. The molecule has 0 aliphatic rings. The maximum Gasteiger partial charge on any atom is 0.306 e. The van der Waals surface area contributed by atoms with Gasteiger partial charge in [0.1, 0.15) is 6.61 Å². The molecule has 0 spiro atoms. The molecular formula is C22H19BrClF2NO3. The van der Waals surface area contributed by atoms with E-state index in [0.717, 1.165) is 15.9 Å². The molecule has 0 atom stereocenters. The van der Waals surface area contributed by atoms with Gasteiger partial charge in [-0.05, 0) is 71.2 Å². The van der Waals surface area contributed by atoms with E-state index in [2.05, 4.69) is 15.9 Å². The van der Waals surface area contributed by atoms with E-state index >= 15 is 0 Å². The van der Waals surface area contributed by atoms with Crippen LogP contribution in [-0.2, 0) is 22.6 Å². The quantitative estimate of drug-likeness (QED) is 0.345. The van der Waals surface area contributed by atoms with Gasteiger partial charge in [-0.3, -0.25) is 4.79 Å². The summed E-state index contributed by atoms with van der Waals surface area (Å²) in [7, 11) is 0. The number of carbonyl (C=O) groups is 1. The molecule has 8 heteroatoms. The smallest absolute Gasteiger partial charge is 0.306 e. The van der Waals surface area contributed by atoms with Crippen molar-refractivity contribution in [3.8, 4) is 11.4 Å². The third-order valence-corrected chi connectivity index (χ3v) is 5.41. The molecule has 0 unspecified atom stereocenters. The first-order valence-corrected chi connectivity index (χ1v) is 10.4. The number of rotatable bonds is 8. The van der Waals surface area contributed by atoms with Gasteiger partial charge in [0.25, 0.3) is 0 Å². The van der Waals surface area contributed by atoms with E-state index in [-0.39, 0.29) is 37.4 Å². The van der Waals surface area contributed by atoms with E-state index in [4.69, 9.17) is 21.1 Å². The van der Waals surface area contributed by atoms with Gasteiger partial charge >= 0.3 is 5.97 Å². The summed E-state index contributed by atoms with van der Waals surface area (Å²) in [5.74, 6) is -2.77. The topological polar surface area (TPSA) is 40.5 Å². The van der Waals surface area contributed by atoms with Crippen LogP contribution in [0, 0.1) is 11.6 Å². The number of aromatic nitrogens is 1. The summed E-state index contributed by atoms with van der Waals surface area (Å²) >= 11 is 9.39. The number of hydrogen-bond donors (Lipinski definition) is 0. The van der Waals surface area contributed by atoms with Crippen molar-refractivity contribution in [3.63, 3.8) is 0 Å². The van der Waals surface area contributed by atoms with Crippen LogP contribution in [-0.4, -0.2) is 17.1 Å². The maximum atomic E-state index is 14.5. The lowest BCUT2D eigenvalue weighted by Crippen LogP contribution is -2.08. The molecule has 30 heavy (non-hydrogen) atoms. The van der Waals surface area contributed by atoms with Crippen LogP contribution in [0.3, 0.4) is 0 Å². The zero-order chi connectivity index (χ0) is 21.7. The van der Waals surface area contributed by atoms with Crippen LogP contribution in [0.15, 0.2) is 53.1 Å². The molecule has 0 aliphatic heterocycles. The molecule has 0 radical (unpaired) electrons. The number of benzene rings is 2. The van der Waals surface area contributed by atoms with Crippen LogP contribution in [0.1, 0.15) is 24.6 Å². The zero-order valence-corrected chi connectivity index (χ0v) is 18.5. The molecule has 0 fully saturated rings. The number of ether oxygens (including phenoxy) is 2. The van der Waals surface area contributed by atoms with E-state index in [0.29, 0.717) is 5.02 Å². The first-order valence-electron chi connectivity index (χ1n) is 9.27. The second-order valence-electron chi connectivity index (χ2n) is 6.40. The van der Waals surface area contributed by atoms with Crippen molar-refractivity contribution in [1.29, 1.82) is 0 Å². The molecule has 0 aliphatic carbocycles. The van der Waals surface area contributed by atoms with E-state index in [1.807, 2.05) is 29.0 Å². The minimum atomic E-state index is -1.09. The fourth-order valence-electron chi connectivity index (χ4n) is 2.92. The van der Waals surface area contributed by atoms with Gasteiger partial charge < -0.3 is 14.0 Å². The highest BCUT2D eigenvalue weighted by atomic mass is 79.9. The van der Waals surface area contributed by atoms with Gasteiger partial charge in [0.05, 0.1) is 12.3 Å². The first-order chi connectivity index (χ1) is 14.4. The van der Waals surface area contributed by atoms with Gasteiger partial charge in [0.15, 0.2) is 11.6 Å². The van der Waals surface area contributed by atoms with Crippen LogP contribution >= 0.6 is 27.5 Å². The Bertz CT molecular complexity index is 1040. The van der Waals surface area contributed by atoms with Gasteiger partial charge in [0.2, 0.25) is 5.82 Å². The van der Waals surface area contributed by atoms with Crippen LogP contribution in [0.25, 0.3) is 5.69 Å². The largest absolute Gasteiger partial charge is 0.484 e.